The van der Waals surface area contributed by atoms with Crippen molar-refractivity contribution >= 4 is 23.4 Å². The van der Waals surface area contributed by atoms with Crippen LogP contribution in [0.4, 0.5) is 0 Å². The molecular weight excluding hydrogens is 724 g/mol. The van der Waals surface area contributed by atoms with E-state index in [1.165, 1.54) is 29.6 Å². The Morgan fingerprint density at radius 1 is 0.860 bits per heavy atom. The minimum Gasteiger partial charge on any atom is -0.353 e. The summed E-state index contributed by atoms with van der Waals surface area (Å²) in [4.78, 5) is 29.4. The maximum absolute atomic E-state index is 14.9. The summed E-state index contributed by atoms with van der Waals surface area (Å²) in [6, 6.07) is 12.2. The molecule has 0 aromatic heterocycles. The molecule has 2 heterocycles. The van der Waals surface area contributed by atoms with Crippen LogP contribution in [-0.4, -0.2) is 55.5 Å². The third-order valence-electron chi connectivity index (χ3n) is 18.4. The number of amides is 2. The second kappa shape index (κ2) is 13.8. The number of fused-ring (bicyclic) bond motifs is 2. The van der Waals surface area contributed by atoms with Crippen molar-refractivity contribution in [2.24, 2.45) is 56.7 Å². The van der Waals surface area contributed by atoms with Crippen molar-refractivity contribution in [2.45, 2.75) is 141 Å². The highest BCUT2D eigenvalue weighted by Crippen LogP contribution is 2.75. The fourth-order valence-electron chi connectivity index (χ4n) is 17.2. The van der Waals surface area contributed by atoms with Gasteiger partial charge in [-0.15, -0.1) is 11.6 Å². The van der Waals surface area contributed by atoms with Gasteiger partial charge in [0.2, 0.25) is 11.8 Å². The highest BCUT2D eigenvalue weighted by atomic mass is 35.5. The van der Waals surface area contributed by atoms with Crippen molar-refractivity contribution in [1.82, 2.24) is 21.3 Å². The number of hydrogen-bond donors (Lipinski definition) is 4. The molecule has 11 fully saturated rings. The molecule has 14 atom stereocenters. The van der Waals surface area contributed by atoms with Gasteiger partial charge in [0.1, 0.15) is 0 Å². The Bertz CT molecular complexity index is 1860. The lowest BCUT2D eigenvalue weighted by molar-refractivity contribution is -0.177. The summed E-state index contributed by atoms with van der Waals surface area (Å²) in [6.07, 6.45) is 23.0. The number of carbonyl (C=O) groups is 2. The standard InChI is InChI=1S/C50H69ClN4O2/c1-5-36(12-11-33(3)47-20-35-19-45(4,26-47)27-49(21-35,30-47)43(56)54-39-13-16-52-24-32(39)2)42-37-22-48(38-9-7-6-8-10-38)28-46(42,14-15-51)29-50(23-37,31-48)44(57)55-41-18-34-17-40(41)53-25-34/h5-12,32,34-35,37,39-42,52-53H,3,13-31H2,1-2,4H3,(H,54,56)(H,55,57)/b12-11-,36-5+/t32?,34?,35?,37?,39?,40?,41?,42?,45-,46-,47-,48-,49?,50?/m1/s1. The molecule has 1 aromatic carbocycles. The topological polar surface area (TPSA) is 82.3 Å². The molecule has 1 aromatic rings. The normalized spacial score (nSPS) is 47.8. The minimum atomic E-state index is -0.372. The van der Waals surface area contributed by atoms with Gasteiger partial charge >= 0.3 is 0 Å². The van der Waals surface area contributed by atoms with Crippen LogP contribution in [0.25, 0.3) is 0 Å². The van der Waals surface area contributed by atoms with Gasteiger partial charge in [0.05, 0.1) is 10.8 Å². The van der Waals surface area contributed by atoms with Crippen LogP contribution in [0.5, 0.6) is 0 Å². The molecule has 308 valence electrons. The van der Waals surface area contributed by atoms with E-state index in [4.69, 9.17) is 18.2 Å². The lowest BCUT2D eigenvalue weighted by Crippen LogP contribution is -2.67. The van der Waals surface area contributed by atoms with E-state index in [9.17, 15) is 9.59 Å². The summed E-state index contributed by atoms with van der Waals surface area (Å²) < 4.78 is 0. The van der Waals surface area contributed by atoms with E-state index in [1.54, 1.807) is 0 Å². The molecule has 2 aliphatic heterocycles. The number of allylic oxidation sites excluding steroid dienone is 5. The smallest absolute Gasteiger partial charge is 0.226 e. The second-order valence-corrected chi connectivity index (χ2v) is 22.8. The van der Waals surface area contributed by atoms with Gasteiger partial charge in [0, 0.05) is 24.0 Å². The van der Waals surface area contributed by atoms with Crippen LogP contribution in [0.1, 0.15) is 123 Å². The van der Waals surface area contributed by atoms with Gasteiger partial charge in [-0.05, 0) is 191 Å². The Hall–Kier alpha value is -2.41. The van der Waals surface area contributed by atoms with E-state index in [-0.39, 0.29) is 44.6 Å². The fraction of sp³-hybridized carbons (Fsp3) is 0.720. The van der Waals surface area contributed by atoms with Crippen molar-refractivity contribution in [1.29, 1.82) is 0 Å². The number of hydrogen-bond acceptors (Lipinski definition) is 4. The van der Waals surface area contributed by atoms with E-state index >= 15 is 0 Å². The van der Waals surface area contributed by atoms with E-state index in [0.717, 1.165) is 103 Å². The molecule has 9 saturated carbocycles. The second-order valence-electron chi connectivity index (χ2n) is 22.4. The Morgan fingerprint density at radius 3 is 2.32 bits per heavy atom. The van der Waals surface area contributed by atoms with Crippen LogP contribution in [-0.2, 0) is 15.0 Å². The van der Waals surface area contributed by atoms with Crippen LogP contribution >= 0.6 is 11.6 Å². The molecule has 10 bridgehead atoms. The van der Waals surface area contributed by atoms with Crippen molar-refractivity contribution in [3.63, 3.8) is 0 Å². The molecule has 2 amide bonds. The molecular formula is C50H69ClN4O2. The lowest BCUT2D eigenvalue weighted by Gasteiger charge is -2.70. The highest BCUT2D eigenvalue weighted by molar-refractivity contribution is 6.17. The lowest BCUT2D eigenvalue weighted by atomic mass is 9.34. The van der Waals surface area contributed by atoms with Crippen molar-refractivity contribution in [2.75, 3.05) is 25.5 Å². The maximum Gasteiger partial charge on any atom is 0.226 e. The van der Waals surface area contributed by atoms with Crippen LogP contribution < -0.4 is 21.3 Å². The largest absolute Gasteiger partial charge is 0.353 e. The zero-order chi connectivity index (χ0) is 39.4. The van der Waals surface area contributed by atoms with Gasteiger partial charge in [0.15, 0.2) is 0 Å². The van der Waals surface area contributed by atoms with Crippen LogP contribution in [0.3, 0.4) is 0 Å². The van der Waals surface area contributed by atoms with Crippen LogP contribution in [0, 0.1) is 56.7 Å². The molecule has 2 saturated heterocycles. The zero-order valence-corrected chi connectivity index (χ0v) is 35.8. The van der Waals surface area contributed by atoms with Gasteiger partial charge in [-0.2, -0.15) is 0 Å². The number of carbonyl (C=O) groups excluding carboxylic acids is 2. The summed E-state index contributed by atoms with van der Waals surface area (Å²) in [5.74, 6) is 3.74. The van der Waals surface area contributed by atoms with Crippen molar-refractivity contribution in [3.05, 3.63) is 71.8 Å². The Kier molecular flexibility index (Phi) is 9.39. The summed E-state index contributed by atoms with van der Waals surface area (Å²) in [5.41, 5.74) is 3.46. The number of nitrogens with one attached hydrogen (secondary N) is 4. The monoisotopic (exact) mass is 793 g/mol. The van der Waals surface area contributed by atoms with Gasteiger partial charge in [-0.3, -0.25) is 9.59 Å². The number of benzene rings is 1. The van der Waals surface area contributed by atoms with Gasteiger partial charge < -0.3 is 21.3 Å². The third kappa shape index (κ3) is 6.21. The molecule has 0 spiro atoms. The number of halogens is 1. The first kappa shape index (κ1) is 38.8. The summed E-state index contributed by atoms with van der Waals surface area (Å²) in [7, 11) is 0. The average molecular weight is 794 g/mol. The summed E-state index contributed by atoms with van der Waals surface area (Å²) in [5, 5.41) is 14.5. The first-order chi connectivity index (χ1) is 27.3. The molecule has 6 nitrogen and oxygen atoms in total. The number of alkyl halides is 1. The highest BCUT2D eigenvalue weighted by Gasteiger charge is 2.70. The predicted octanol–water partition coefficient (Wildman–Crippen LogP) is 8.77. The SMILES string of the molecule is C=C(/C=C\C(=C/C)C1C2CC3(C(=O)NC4CC5CNC4C5)C[C@@](c4ccccc4)(C2)C[C@]1(CCCl)C3)[C@]12CC3CC(C(=O)NC4CCNCC4C)(C[C@](C)(C3)C1)C2. The molecule has 57 heavy (non-hydrogen) atoms. The fourth-order valence-corrected chi connectivity index (χ4v) is 17.6. The van der Waals surface area contributed by atoms with Crippen molar-refractivity contribution in [3.8, 4) is 0 Å². The Balaban J connectivity index is 0.941. The molecule has 0 radical (unpaired) electrons. The Morgan fingerprint density at radius 2 is 1.61 bits per heavy atom. The maximum atomic E-state index is 14.9. The first-order valence-electron chi connectivity index (χ1n) is 23.1. The van der Waals surface area contributed by atoms with Crippen molar-refractivity contribution < 1.29 is 9.59 Å². The molecule has 12 rings (SSSR count). The Labute approximate surface area is 347 Å². The average Bonchev–Trinajstić information content (AvgIpc) is 3.80. The van der Waals surface area contributed by atoms with E-state index in [1.807, 2.05) is 0 Å². The first-order valence-corrected chi connectivity index (χ1v) is 23.6. The van der Waals surface area contributed by atoms with Gasteiger partial charge in [-0.1, -0.05) is 69.0 Å². The summed E-state index contributed by atoms with van der Waals surface area (Å²) >= 11 is 6.88. The predicted molar refractivity (Wildman–Crippen MR) is 230 cm³/mol. The van der Waals surface area contributed by atoms with E-state index in [0.29, 0.717) is 53.3 Å². The minimum absolute atomic E-state index is 0.0170. The number of piperidine rings is 2. The molecule has 4 N–H and O–H groups in total. The molecule has 11 aliphatic rings. The number of rotatable bonds is 11. The molecule has 7 heteroatoms. The zero-order valence-electron chi connectivity index (χ0n) is 35.1. The van der Waals surface area contributed by atoms with E-state index in [2.05, 4.69) is 90.6 Å². The van der Waals surface area contributed by atoms with E-state index < -0.39 is 0 Å². The molecule has 10 unspecified atom stereocenters. The molecule has 9 aliphatic carbocycles. The van der Waals surface area contributed by atoms with Gasteiger partial charge in [0.25, 0.3) is 0 Å². The van der Waals surface area contributed by atoms with Gasteiger partial charge in [-0.25, -0.2) is 0 Å². The third-order valence-corrected chi connectivity index (χ3v) is 18.6. The van der Waals surface area contributed by atoms with Crippen LogP contribution in [0.15, 0.2) is 66.3 Å². The van der Waals surface area contributed by atoms with Crippen LogP contribution in [0.2, 0.25) is 0 Å². The summed E-state index contributed by atoms with van der Waals surface area (Å²) in [6.45, 7) is 14.9. The quantitative estimate of drug-likeness (QED) is 0.134.